The Labute approximate surface area is 148 Å². The molecular weight excluding hydrogens is 330 g/mol. The van der Waals surface area contributed by atoms with Crippen molar-refractivity contribution in [3.8, 4) is 0 Å². The number of hydrogen-bond donors (Lipinski definition) is 0. The number of aromatic nitrogens is 2. The van der Waals surface area contributed by atoms with Crippen LogP contribution in [0.5, 0.6) is 0 Å². The molecule has 1 amide bonds. The lowest BCUT2D eigenvalue weighted by atomic mass is 10.0. The summed E-state index contributed by atoms with van der Waals surface area (Å²) in [5.74, 6) is -0.324. The van der Waals surface area contributed by atoms with E-state index in [4.69, 9.17) is 0 Å². The van der Waals surface area contributed by atoms with Crippen molar-refractivity contribution in [3.05, 3.63) is 94.5 Å². The van der Waals surface area contributed by atoms with E-state index in [2.05, 4.69) is 40.3 Å². The van der Waals surface area contributed by atoms with E-state index in [1.807, 2.05) is 28.3 Å². The predicted octanol–water partition coefficient (Wildman–Crippen LogP) is 3.89. The molecule has 0 aliphatic rings. The molecule has 0 saturated carbocycles. The summed E-state index contributed by atoms with van der Waals surface area (Å²) in [7, 11) is 0. The van der Waals surface area contributed by atoms with Gasteiger partial charge in [0.2, 0.25) is 0 Å². The number of rotatable bonds is 3. The third-order valence-corrected chi connectivity index (χ3v) is 4.76. The van der Waals surface area contributed by atoms with Crippen molar-refractivity contribution in [2.45, 2.75) is 6.54 Å². The highest BCUT2D eigenvalue weighted by Gasteiger charge is 2.07. The van der Waals surface area contributed by atoms with E-state index in [-0.39, 0.29) is 5.91 Å². The van der Waals surface area contributed by atoms with E-state index in [1.165, 1.54) is 27.7 Å². The van der Waals surface area contributed by atoms with E-state index in [0.29, 0.717) is 17.0 Å². The van der Waals surface area contributed by atoms with Gasteiger partial charge in [-0.3, -0.25) is 9.78 Å². The minimum absolute atomic E-state index is 0.324. The summed E-state index contributed by atoms with van der Waals surface area (Å²) in [6, 6.07) is 19.8. The van der Waals surface area contributed by atoms with Gasteiger partial charge < -0.3 is 4.57 Å². The van der Waals surface area contributed by atoms with Crippen molar-refractivity contribution in [2.24, 2.45) is 4.99 Å². The van der Waals surface area contributed by atoms with Crippen molar-refractivity contribution in [1.29, 1.82) is 0 Å². The Morgan fingerprint density at radius 2 is 1.88 bits per heavy atom. The van der Waals surface area contributed by atoms with Crippen LogP contribution in [0.1, 0.15) is 16.1 Å². The zero-order chi connectivity index (χ0) is 17.1. The molecule has 0 bridgehead atoms. The number of carbonyl (C=O) groups excluding carboxylic acids is 1. The molecule has 4 rings (SSSR count). The molecule has 0 aliphatic heterocycles. The van der Waals surface area contributed by atoms with Crippen LogP contribution in [0, 0.1) is 0 Å². The first-order valence-electron chi connectivity index (χ1n) is 7.92. The lowest BCUT2D eigenvalue weighted by Gasteiger charge is -2.07. The molecule has 0 N–H and O–H groups in total. The Morgan fingerprint density at radius 3 is 2.76 bits per heavy atom. The molecule has 0 aliphatic carbocycles. The number of hydrogen-bond acceptors (Lipinski definition) is 3. The van der Waals surface area contributed by atoms with E-state index >= 15 is 0 Å². The monoisotopic (exact) mass is 345 g/mol. The Balaban J connectivity index is 1.70. The fourth-order valence-corrected chi connectivity index (χ4v) is 3.48. The fraction of sp³-hybridized carbons (Fsp3) is 0.0500. The summed E-state index contributed by atoms with van der Waals surface area (Å²) < 4.78 is 1.99. The molecule has 2 heterocycles. The molecule has 25 heavy (non-hydrogen) atoms. The number of pyridine rings is 1. The van der Waals surface area contributed by atoms with Crippen LogP contribution >= 0.6 is 11.3 Å². The van der Waals surface area contributed by atoms with Crippen LogP contribution in [0.4, 0.5) is 0 Å². The number of carbonyl (C=O) groups is 1. The summed E-state index contributed by atoms with van der Waals surface area (Å²) in [6.45, 7) is 0.666. The summed E-state index contributed by atoms with van der Waals surface area (Å²) >= 11 is 1.44. The van der Waals surface area contributed by atoms with E-state index in [9.17, 15) is 4.79 Å². The molecule has 0 spiro atoms. The average Bonchev–Trinajstić information content (AvgIpc) is 3.09. The van der Waals surface area contributed by atoms with Gasteiger partial charge in [0.15, 0.2) is 4.80 Å². The molecule has 0 radical (unpaired) electrons. The molecular formula is C20H15N3OS. The minimum atomic E-state index is -0.324. The topological polar surface area (TPSA) is 47.2 Å². The zero-order valence-corrected chi connectivity index (χ0v) is 14.2. The van der Waals surface area contributed by atoms with Gasteiger partial charge >= 0.3 is 0 Å². The molecule has 0 unspecified atom stereocenters. The van der Waals surface area contributed by atoms with Crippen molar-refractivity contribution in [1.82, 2.24) is 9.55 Å². The third-order valence-electron chi connectivity index (χ3n) is 3.96. The van der Waals surface area contributed by atoms with Gasteiger partial charge in [0.05, 0.1) is 6.54 Å². The fourth-order valence-electron chi connectivity index (χ4n) is 2.75. The van der Waals surface area contributed by atoms with Crippen LogP contribution in [0.25, 0.3) is 10.8 Å². The molecule has 2 aromatic carbocycles. The summed E-state index contributed by atoms with van der Waals surface area (Å²) in [4.78, 5) is 21.3. The lowest BCUT2D eigenvalue weighted by molar-refractivity contribution is 0.0993. The van der Waals surface area contributed by atoms with Gasteiger partial charge in [0, 0.05) is 17.8 Å². The van der Waals surface area contributed by atoms with Crippen LogP contribution in [-0.4, -0.2) is 15.5 Å². The van der Waals surface area contributed by atoms with Gasteiger partial charge in [-0.25, -0.2) is 0 Å². The quantitative estimate of drug-likeness (QED) is 0.565. The smallest absolute Gasteiger partial charge is 0.298 e. The SMILES string of the molecule is O=C(N=c1sccn1Cc1cccc2ccccc12)c1ccccn1. The van der Waals surface area contributed by atoms with Crippen molar-refractivity contribution in [2.75, 3.05) is 0 Å². The molecule has 0 fully saturated rings. The zero-order valence-electron chi connectivity index (χ0n) is 13.4. The Morgan fingerprint density at radius 1 is 1.04 bits per heavy atom. The number of amides is 1. The summed E-state index contributed by atoms with van der Waals surface area (Å²) in [6.07, 6.45) is 3.55. The molecule has 4 aromatic rings. The highest BCUT2D eigenvalue weighted by atomic mass is 32.1. The second kappa shape index (κ2) is 6.83. The maximum atomic E-state index is 12.3. The van der Waals surface area contributed by atoms with Crippen LogP contribution in [-0.2, 0) is 6.54 Å². The number of fused-ring (bicyclic) bond motifs is 1. The predicted molar refractivity (Wildman–Crippen MR) is 99.5 cm³/mol. The second-order valence-electron chi connectivity index (χ2n) is 5.58. The number of nitrogens with zero attached hydrogens (tertiary/aromatic N) is 3. The van der Waals surface area contributed by atoms with Crippen molar-refractivity contribution in [3.63, 3.8) is 0 Å². The van der Waals surface area contributed by atoms with Gasteiger partial charge in [-0.05, 0) is 28.5 Å². The van der Waals surface area contributed by atoms with Crippen LogP contribution in [0.3, 0.4) is 0 Å². The largest absolute Gasteiger partial charge is 0.319 e. The van der Waals surface area contributed by atoms with Crippen LogP contribution in [0.15, 0.2) is 83.4 Å². The minimum Gasteiger partial charge on any atom is -0.319 e. The Bertz CT molecular complexity index is 1090. The van der Waals surface area contributed by atoms with Gasteiger partial charge in [0.1, 0.15) is 5.69 Å². The Kier molecular flexibility index (Phi) is 4.23. The van der Waals surface area contributed by atoms with Crippen molar-refractivity contribution >= 4 is 28.0 Å². The van der Waals surface area contributed by atoms with E-state index in [1.54, 1.807) is 24.4 Å². The first kappa shape index (κ1) is 15.5. The first-order valence-corrected chi connectivity index (χ1v) is 8.80. The second-order valence-corrected chi connectivity index (χ2v) is 6.46. The van der Waals surface area contributed by atoms with Gasteiger partial charge in [-0.15, -0.1) is 11.3 Å². The van der Waals surface area contributed by atoms with Crippen LogP contribution in [0.2, 0.25) is 0 Å². The average molecular weight is 345 g/mol. The molecule has 4 nitrogen and oxygen atoms in total. The van der Waals surface area contributed by atoms with Crippen molar-refractivity contribution < 1.29 is 4.79 Å². The maximum absolute atomic E-state index is 12.3. The molecule has 2 aromatic heterocycles. The standard InChI is InChI=1S/C20H15N3OS/c24-19(18-10-3-4-11-21-18)22-20-23(12-13-25-20)14-16-8-5-7-15-6-1-2-9-17(15)16/h1-13H,14H2. The summed E-state index contributed by atoms with van der Waals surface area (Å²) in [5, 5.41) is 4.36. The van der Waals surface area contributed by atoms with Gasteiger partial charge in [-0.1, -0.05) is 48.5 Å². The number of thiazole rings is 1. The normalized spacial score (nSPS) is 11.8. The molecule has 0 atom stereocenters. The van der Waals surface area contributed by atoms with Crippen LogP contribution < -0.4 is 4.80 Å². The lowest BCUT2D eigenvalue weighted by Crippen LogP contribution is -2.17. The third kappa shape index (κ3) is 3.27. The molecule has 122 valence electrons. The highest BCUT2D eigenvalue weighted by molar-refractivity contribution is 7.07. The summed E-state index contributed by atoms with van der Waals surface area (Å²) in [5.41, 5.74) is 1.55. The first-order chi connectivity index (χ1) is 12.3. The molecule has 5 heteroatoms. The number of benzene rings is 2. The Hall–Kier alpha value is -3.05. The highest BCUT2D eigenvalue weighted by Crippen LogP contribution is 2.19. The van der Waals surface area contributed by atoms with Gasteiger partial charge in [0.25, 0.3) is 5.91 Å². The maximum Gasteiger partial charge on any atom is 0.298 e. The van der Waals surface area contributed by atoms with E-state index in [0.717, 1.165) is 0 Å². The van der Waals surface area contributed by atoms with Gasteiger partial charge in [-0.2, -0.15) is 4.99 Å². The molecule has 0 saturated heterocycles. The van der Waals surface area contributed by atoms with E-state index < -0.39 is 0 Å².